The average molecular weight is 661 g/mol. The van der Waals surface area contributed by atoms with Crippen molar-refractivity contribution >= 4 is 29.3 Å². The summed E-state index contributed by atoms with van der Waals surface area (Å²) in [5, 5.41) is 12.5. The number of anilines is 2. The molecule has 1 saturated heterocycles. The molecule has 3 aliphatic rings. The van der Waals surface area contributed by atoms with Crippen LogP contribution in [0.4, 0.5) is 16.2 Å². The van der Waals surface area contributed by atoms with Gasteiger partial charge in [0, 0.05) is 43.7 Å². The van der Waals surface area contributed by atoms with Gasteiger partial charge in [-0.1, -0.05) is 48.6 Å². The van der Waals surface area contributed by atoms with Crippen LogP contribution in [0, 0.1) is 5.92 Å². The van der Waals surface area contributed by atoms with Gasteiger partial charge in [0.25, 0.3) is 5.91 Å². The summed E-state index contributed by atoms with van der Waals surface area (Å²) < 4.78 is 17.2. The van der Waals surface area contributed by atoms with Crippen molar-refractivity contribution in [3.63, 3.8) is 0 Å². The van der Waals surface area contributed by atoms with E-state index in [0.717, 1.165) is 5.69 Å². The number of benzene rings is 2. The third-order valence-corrected chi connectivity index (χ3v) is 8.73. The highest BCUT2D eigenvalue weighted by Crippen LogP contribution is 2.49. The monoisotopic (exact) mass is 660 g/mol. The molecule has 1 heterocycles. The molecule has 1 fully saturated rings. The van der Waals surface area contributed by atoms with E-state index in [1.165, 1.54) is 11.1 Å². The van der Waals surface area contributed by atoms with Crippen LogP contribution in [0.1, 0.15) is 74.9 Å². The van der Waals surface area contributed by atoms with Crippen molar-refractivity contribution in [2.45, 2.75) is 70.6 Å². The van der Waals surface area contributed by atoms with Gasteiger partial charge in [-0.25, -0.2) is 9.59 Å². The van der Waals surface area contributed by atoms with Crippen LogP contribution in [-0.4, -0.2) is 84.7 Å². The Balaban J connectivity index is 1.20. The van der Waals surface area contributed by atoms with Gasteiger partial charge in [-0.3, -0.25) is 15.5 Å². The molecule has 0 spiro atoms. The van der Waals surface area contributed by atoms with Gasteiger partial charge >= 0.3 is 12.1 Å². The summed E-state index contributed by atoms with van der Waals surface area (Å²) in [7, 11) is 0. The summed E-state index contributed by atoms with van der Waals surface area (Å²) in [5.41, 5.74) is 4.36. The smallest absolute Gasteiger partial charge is 0.409 e. The highest BCUT2D eigenvalue weighted by atomic mass is 16.6. The first-order valence-corrected chi connectivity index (χ1v) is 16.6. The highest BCUT2D eigenvalue weighted by molar-refractivity contribution is 6.02. The lowest BCUT2D eigenvalue weighted by Gasteiger charge is -2.36. The van der Waals surface area contributed by atoms with Crippen LogP contribution in [0.5, 0.6) is 0 Å². The minimum Gasteiger partial charge on any atom is -0.458 e. The summed E-state index contributed by atoms with van der Waals surface area (Å²) >= 11 is 0. The lowest BCUT2D eigenvalue weighted by atomic mass is 9.84. The van der Waals surface area contributed by atoms with Crippen molar-refractivity contribution in [2.24, 2.45) is 5.92 Å². The first kappa shape index (κ1) is 35.0. The maximum absolute atomic E-state index is 13.5. The number of esters is 1. The van der Waals surface area contributed by atoms with Crippen molar-refractivity contribution in [1.29, 1.82) is 0 Å². The number of nitrogens with zero attached hydrogens (tertiary/aromatic N) is 2. The van der Waals surface area contributed by atoms with Crippen molar-refractivity contribution in [1.82, 2.24) is 10.2 Å². The maximum atomic E-state index is 13.5. The number of amides is 2. The van der Waals surface area contributed by atoms with Gasteiger partial charge in [0.2, 0.25) is 0 Å². The van der Waals surface area contributed by atoms with Crippen LogP contribution >= 0.6 is 0 Å². The first-order chi connectivity index (χ1) is 22.7. The average Bonchev–Trinajstić information content (AvgIpc) is 3.37. The van der Waals surface area contributed by atoms with E-state index in [1.54, 1.807) is 43.9 Å². The van der Waals surface area contributed by atoms with Crippen LogP contribution < -0.4 is 15.7 Å². The highest BCUT2D eigenvalue weighted by Gasteiger charge is 2.39. The molecule has 0 bridgehead atoms. The van der Waals surface area contributed by atoms with E-state index in [4.69, 9.17) is 14.2 Å². The third kappa shape index (κ3) is 8.38. The van der Waals surface area contributed by atoms with Gasteiger partial charge in [-0.05, 0) is 76.8 Å². The quantitative estimate of drug-likeness (QED) is 0.232. The molecular weight excluding hydrogens is 612 g/mol. The number of carbonyl (C=O) groups is 3. The minimum atomic E-state index is -1.07. The fraction of sp³-hybridized carbons (Fsp3) is 0.486. The zero-order valence-electron chi connectivity index (χ0n) is 28.7. The third-order valence-electron chi connectivity index (χ3n) is 8.73. The molecule has 258 valence electrons. The molecule has 0 aromatic heterocycles. The summed E-state index contributed by atoms with van der Waals surface area (Å²) in [5.74, 6) is -0.524. The van der Waals surface area contributed by atoms with Crippen LogP contribution in [-0.2, 0) is 19.0 Å². The number of piperazine rings is 1. The number of carbonyl (C=O) groups excluding carboxylic acids is 3. The zero-order valence-corrected chi connectivity index (χ0v) is 28.7. The van der Waals surface area contributed by atoms with Crippen LogP contribution in [0.3, 0.4) is 0 Å². The van der Waals surface area contributed by atoms with E-state index < -0.39 is 29.1 Å². The second-order valence-corrected chi connectivity index (χ2v) is 14.5. The Hall–Kier alpha value is -4.35. The molecule has 1 aliphatic heterocycles. The molecule has 48 heavy (non-hydrogen) atoms. The number of allylic oxidation sites excluding steroid dienone is 4. The second kappa shape index (κ2) is 14.4. The molecule has 0 radical (unpaired) electrons. The van der Waals surface area contributed by atoms with Crippen molar-refractivity contribution in [2.75, 3.05) is 49.8 Å². The molecule has 0 saturated carbocycles. The Kier molecular flexibility index (Phi) is 10.5. The zero-order chi connectivity index (χ0) is 34.6. The van der Waals surface area contributed by atoms with Crippen LogP contribution in [0.15, 0.2) is 66.8 Å². The largest absolute Gasteiger partial charge is 0.458 e. The molecule has 11 nitrogen and oxygen atoms in total. The van der Waals surface area contributed by atoms with E-state index in [0.29, 0.717) is 38.7 Å². The number of fused-ring (bicyclic) bond motifs is 3. The molecule has 2 amide bonds. The number of rotatable bonds is 9. The summed E-state index contributed by atoms with van der Waals surface area (Å²) in [6, 6.07) is 12.4. The molecule has 2 aliphatic carbocycles. The molecule has 2 aromatic rings. The second-order valence-electron chi connectivity index (χ2n) is 14.5. The van der Waals surface area contributed by atoms with Crippen molar-refractivity contribution in [3.05, 3.63) is 83.5 Å². The van der Waals surface area contributed by atoms with Gasteiger partial charge < -0.3 is 29.3 Å². The standard InChI is InChI=1S/C37H48N4O7/c1-36(2,3)47-23-32(34(43)48-37(4,5)6)38-33(42)29-21-24(15-16-31(29)39-45)40-17-19-41(20-18-40)35(44)46-22-30-27-13-9-7-11-25(27)26-12-8-10-14-28(26)30/h7-16,21,25,27,30,32,39,45H,17-20,22-23H2,1-6H3,(H,38,42). The predicted octanol–water partition coefficient (Wildman–Crippen LogP) is 5.62. The lowest BCUT2D eigenvalue weighted by molar-refractivity contribution is -0.160. The predicted molar refractivity (Wildman–Crippen MR) is 183 cm³/mol. The van der Waals surface area contributed by atoms with Crippen LogP contribution in [0.25, 0.3) is 0 Å². The topological polar surface area (TPSA) is 130 Å². The fourth-order valence-electron chi connectivity index (χ4n) is 6.40. The first-order valence-electron chi connectivity index (χ1n) is 16.6. The van der Waals surface area contributed by atoms with Gasteiger partial charge in [-0.15, -0.1) is 0 Å². The summed E-state index contributed by atoms with van der Waals surface area (Å²) in [6.07, 6.45) is 8.25. The molecule has 5 rings (SSSR count). The lowest BCUT2D eigenvalue weighted by Crippen LogP contribution is -2.49. The van der Waals surface area contributed by atoms with E-state index in [2.05, 4.69) is 58.2 Å². The molecule has 4 atom stereocenters. The van der Waals surface area contributed by atoms with E-state index in [1.807, 2.05) is 26.8 Å². The van der Waals surface area contributed by atoms with E-state index >= 15 is 0 Å². The number of hydrogen-bond acceptors (Lipinski definition) is 9. The Morgan fingerprint density at radius 2 is 1.60 bits per heavy atom. The SMILES string of the molecule is CC(C)(C)OCC(NC(=O)c1cc(N2CCN(C(=O)OCC3c4ccccc4C4C=CC=CC43)CC2)ccc1NO)C(=O)OC(C)(C)C. The number of ether oxygens (including phenoxy) is 3. The number of nitrogens with one attached hydrogen (secondary N) is 2. The van der Waals surface area contributed by atoms with Gasteiger partial charge in [0.1, 0.15) is 12.2 Å². The van der Waals surface area contributed by atoms with E-state index in [9.17, 15) is 19.6 Å². The summed E-state index contributed by atoms with van der Waals surface area (Å²) in [4.78, 5) is 43.5. The molecule has 2 aromatic carbocycles. The van der Waals surface area contributed by atoms with Crippen molar-refractivity contribution < 1.29 is 33.8 Å². The van der Waals surface area contributed by atoms with Crippen molar-refractivity contribution in [3.8, 4) is 0 Å². The molecule has 11 heteroatoms. The Morgan fingerprint density at radius 3 is 2.27 bits per heavy atom. The Morgan fingerprint density at radius 1 is 0.917 bits per heavy atom. The van der Waals surface area contributed by atoms with E-state index in [-0.39, 0.29) is 35.8 Å². The Bertz CT molecular complexity index is 1550. The number of hydrogen-bond donors (Lipinski definition) is 3. The molecule has 3 N–H and O–H groups in total. The minimum absolute atomic E-state index is 0.0912. The molecular formula is C37H48N4O7. The summed E-state index contributed by atoms with van der Waals surface area (Å²) in [6.45, 7) is 13.0. The van der Waals surface area contributed by atoms with Gasteiger partial charge in [-0.2, -0.15) is 0 Å². The van der Waals surface area contributed by atoms with Gasteiger partial charge in [0.15, 0.2) is 6.04 Å². The van der Waals surface area contributed by atoms with Gasteiger partial charge in [0.05, 0.1) is 23.5 Å². The fourth-order valence-corrected chi connectivity index (χ4v) is 6.40. The van der Waals surface area contributed by atoms with Crippen LogP contribution in [0.2, 0.25) is 0 Å². The molecule has 4 unspecified atom stereocenters. The normalized spacial score (nSPS) is 20.9. The Labute approximate surface area is 282 Å². The maximum Gasteiger partial charge on any atom is 0.409 e.